The van der Waals surface area contributed by atoms with E-state index < -0.39 is 10.7 Å². The number of rotatable bonds is 3. The van der Waals surface area contributed by atoms with Gasteiger partial charge in [0.25, 0.3) is 0 Å². The number of nitrogens with zero attached hydrogens (tertiary/aromatic N) is 1. The second-order valence-corrected chi connectivity index (χ2v) is 6.83. The van der Waals surface area contributed by atoms with E-state index in [1.54, 1.807) is 30.3 Å². The summed E-state index contributed by atoms with van der Waals surface area (Å²) >= 11 is 3.39. The van der Waals surface area contributed by atoms with Crippen LogP contribution < -0.4 is 10.6 Å². The quantitative estimate of drug-likeness (QED) is 0.818. The molecule has 3 rings (SSSR count). The van der Waals surface area contributed by atoms with Crippen LogP contribution in [0, 0.1) is 5.82 Å². The summed E-state index contributed by atoms with van der Waals surface area (Å²) in [5.74, 6) is -1.45. The molecule has 1 aliphatic heterocycles. The number of hydrogen-bond donors (Lipinski definition) is 1. The molecule has 2 aromatic carbocycles. The summed E-state index contributed by atoms with van der Waals surface area (Å²) in [5, 5.41) is 0. The molecule has 0 bridgehead atoms. The highest BCUT2D eigenvalue weighted by atomic mass is 79.9. The minimum atomic E-state index is -0.595. The standard InChI is InChI=1S/C18H16BrFN2O2/c19-14-9-13(11-5-1-3-7-15(11)20)12-6-2-4-8-16(12)22(18(14)24)10-17(21)23/h1-8,13-14H,9-10H2,(H2,21,23). The molecular weight excluding hydrogens is 375 g/mol. The normalized spacial score (nSPS) is 20.4. The molecule has 124 valence electrons. The predicted octanol–water partition coefficient (Wildman–Crippen LogP) is 2.94. The molecular formula is C18H16BrFN2O2. The molecule has 24 heavy (non-hydrogen) atoms. The third-order valence-electron chi connectivity index (χ3n) is 4.17. The topological polar surface area (TPSA) is 63.4 Å². The number of benzene rings is 2. The molecule has 0 saturated carbocycles. The van der Waals surface area contributed by atoms with Gasteiger partial charge in [-0.2, -0.15) is 0 Å². The summed E-state index contributed by atoms with van der Waals surface area (Å²) in [6, 6.07) is 13.8. The first-order chi connectivity index (χ1) is 11.5. The SMILES string of the molecule is NC(=O)CN1C(=O)C(Br)CC(c2ccccc2F)c2ccccc21. The zero-order valence-electron chi connectivity index (χ0n) is 12.8. The molecule has 4 nitrogen and oxygen atoms in total. The fourth-order valence-corrected chi connectivity index (χ4v) is 3.74. The maximum Gasteiger partial charge on any atom is 0.241 e. The number of carbonyl (C=O) groups is 2. The fraction of sp³-hybridized carbons (Fsp3) is 0.222. The van der Waals surface area contributed by atoms with E-state index in [1.165, 1.54) is 11.0 Å². The van der Waals surface area contributed by atoms with Crippen molar-refractivity contribution >= 4 is 33.4 Å². The first kappa shape index (κ1) is 16.6. The highest BCUT2D eigenvalue weighted by Crippen LogP contribution is 2.41. The first-order valence-electron chi connectivity index (χ1n) is 7.56. The maximum absolute atomic E-state index is 14.3. The number of nitrogens with two attached hydrogens (primary N) is 1. The highest BCUT2D eigenvalue weighted by Gasteiger charge is 2.35. The van der Waals surface area contributed by atoms with Crippen LogP contribution in [0.2, 0.25) is 0 Å². The van der Waals surface area contributed by atoms with Crippen molar-refractivity contribution in [3.8, 4) is 0 Å². The predicted molar refractivity (Wildman–Crippen MR) is 93.6 cm³/mol. The molecule has 6 heteroatoms. The van der Waals surface area contributed by atoms with Crippen LogP contribution in [0.1, 0.15) is 23.5 Å². The van der Waals surface area contributed by atoms with Crippen LogP contribution >= 0.6 is 15.9 Å². The van der Waals surface area contributed by atoms with Crippen molar-refractivity contribution < 1.29 is 14.0 Å². The minimum Gasteiger partial charge on any atom is -0.368 e. The molecule has 0 saturated heterocycles. The van der Waals surface area contributed by atoms with Crippen molar-refractivity contribution in [1.29, 1.82) is 0 Å². The second kappa shape index (κ2) is 6.73. The second-order valence-electron chi connectivity index (χ2n) is 5.73. The molecule has 2 unspecified atom stereocenters. The Morgan fingerprint density at radius 1 is 1.17 bits per heavy atom. The van der Waals surface area contributed by atoms with Gasteiger partial charge in [0.05, 0.1) is 4.83 Å². The number of primary amides is 1. The van der Waals surface area contributed by atoms with Gasteiger partial charge in [0.1, 0.15) is 12.4 Å². The average Bonchev–Trinajstić information content (AvgIpc) is 2.66. The van der Waals surface area contributed by atoms with E-state index >= 15 is 0 Å². The smallest absolute Gasteiger partial charge is 0.241 e. The van der Waals surface area contributed by atoms with E-state index in [1.807, 2.05) is 12.1 Å². The number of alkyl halides is 1. The molecule has 2 aromatic rings. The van der Waals surface area contributed by atoms with Gasteiger partial charge in [0.2, 0.25) is 11.8 Å². The maximum atomic E-state index is 14.3. The Bertz CT molecular complexity index is 796. The summed E-state index contributed by atoms with van der Waals surface area (Å²) in [6.07, 6.45) is 0.395. The van der Waals surface area contributed by atoms with Gasteiger partial charge in [-0.05, 0) is 29.7 Å². The number of para-hydroxylation sites is 1. The number of carbonyl (C=O) groups excluding carboxylic acids is 2. The van der Waals surface area contributed by atoms with E-state index in [0.29, 0.717) is 17.7 Å². The molecule has 1 heterocycles. The Labute approximate surface area is 147 Å². The Balaban J connectivity index is 2.17. The Morgan fingerprint density at radius 3 is 2.46 bits per heavy atom. The van der Waals surface area contributed by atoms with E-state index in [0.717, 1.165) is 5.56 Å². The van der Waals surface area contributed by atoms with Gasteiger partial charge in [0.15, 0.2) is 0 Å². The minimum absolute atomic E-state index is 0.206. The fourth-order valence-electron chi connectivity index (χ4n) is 3.12. The lowest BCUT2D eigenvalue weighted by molar-refractivity contribution is -0.122. The molecule has 2 N–H and O–H groups in total. The zero-order chi connectivity index (χ0) is 17.3. The summed E-state index contributed by atoms with van der Waals surface area (Å²) in [5.41, 5.74) is 7.23. The van der Waals surface area contributed by atoms with Crippen molar-refractivity contribution in [2.75, 3.05) is 11.4 Å². The Kier molecular flexibility index (Phi) is 4.66. The van der Waals surface area contributed by atoms with Crippen LogP contribution in [0.15, 0.2) is 48.5 Å². The van der Waals surface area contributed by atoms with Crippen LogP contribution in [0.3, 0.4) is 0 Å². The number of amides is 2. The third-order valence-corrected chi connectivity index (χ3v) is 4.94. The molecule has 0 radical (unpaired) electrons. The van der Waals surface area contributed by atoms with Gasteiger partial charge in [-0.15, -0.1) is 0 Å². The van der Waals surface area contributed by atoms with Crippen LogP contribution in [0.25, 0.3) is 0 Å². The van der Waals surface area contributed by atoms with Gasteiger partial charge in [-0.3, -0.25) is 9.59 Å². The first-order valence-corrected chi connectivity index (χ1v) is 8.47. The highest BCUT2D eigenvalue weighted by molar-refractivity contribution is 9.10. The van der Waals surface area contributed by atoms with E-state index in [-0.39, 0.29) is 24.2 Å². The van der Waals surface area contributed by atoms with Crippen LogP contribution in [0.4, 0.5) is 10.1 Å². The monoisotopic (exact) mass is 390 g/mol. The van der Waals surface area contributed by atoms with E-state index in [4.69, 9.17) is 5.73 Å². The van der Waals surface area contributed by atoms with Crippen molar-refractivity contribution in [2.24, 2.45) is 5.73 Å². The molecule has 2 atom stereocenters. The third kappa shape index (κ3) is 3.06. The van der Waals surface area contributed by atoms with Crippen LogP contribution in [0.5, 0.6) is 0 Å². The molecule has 0 aliphatic carbocycles. The van der Waals surface area contributed by atoms with Gasteiger partial charge >= 0.3 is 0 Å². The Hall–Kier alpha value is -2.21. The van der Waals surface area contributed by atoms with Crippen LogP contribution in [-0.4, -0.2) is 23.2 Å². The number of anilines is 1. The van der Waals surface area contributed by atoms with E-state index in [9.17, 15) is 14.0 Å². The summed E-state index contributed by atoms with van der Waals surface area (Å²) < 4.78 is 14.3. The van der Waals surface area contributed by atoms with Gasteiger partial charge in [-0.25, -0.2) is 4.39 Å². The molecule has 0 spiro atoms. The van der Waals surface area contributed by atoms with Gasteiger partial charge < -0.3 is 10.6 Å². The van der Waals surface area contributed by atoms with Gasteiger partial charge in [0, 0.05) is 11.6 Å². The Morgan fingerprint density at radius 2 is 1.79 bits per heavy atom. The summed E-state index contributed by atoms with van der Waals surface area (Å²) in [6.45, 7) is -0.206. The van der Waals surface area contributed by atoms with Crippen molar-refractivity contribution in [1.82, 2.24) is 0 Å². The van der Waals surface area contributed by atoms with Gasteiger partial charge in [-0.1, -0.05) is 52.3 Å². The lowest BCUT2D eigenvalue weighted by Gasteiger charge is -2.23. The molecule has 0 fully saturated rings. The molecule has 2 amide bonds. The van der Waals surface area contributed by atoms with Crippen molar-refractivity contribution in [2.45, 2.75) is 17.2 Å². The zero-order valence-corrected chi connectivity index (χ0v) is 14.4. The summed E-state index contributed by atoms with van der Waals surface area (Å²) in [7, 11) is 0. The van der Waals surface area contributed by atoms with E-state index in [2.05, 4.69) is 15.9 Å². The lowest BCUT2D eigenvalue weighted by atomic mass is 9.87. The number of halogens is 2. The van der Waals surface area contributed by atoms with Crippen LogP contribution in [-0.2, 0) is 9.59 Å². The average molecular weight is 391 g/mol. The van der Waals surface area contributed by atoms with Crippen molar-refractivity contribution in [3.05, 3.63) is 65.5 Å². The van der Waals surface area contributed by atoms with Crippen molar-refractivity contribution in [3.63, 3.8) is 0 Å². The number of fused-ring (bicyclic) bond motifs is 1. The largest absolute Gasteiger partial charge is 0.368 e. The number of hydrogen-bond acceptors (Lipinski definition) is 2. The lowest BCUT2D eigenvalue weighted by Crippen LogP contribution is -2.41. The molecule has 1 aliphatic rings. The molecule has 0 aromatic heterocycles. The summed E-state index contributed by atoms with van der Waals surface area (Å²) in [4.78, 5) is 24.9.